The molecule has 2 rings (SSSR count). The molecule has 0 aliphatic heterocycles. The summed E-state index contributed by atoms with van der Waals surface area (Å²) in [7, 11) is 0. The van der Waals surface area contributed by atoms with Crippen molar-refractivity contribution in [3.63, 3.8) is 0 Å². The van der Waals surface area contributed by atoms with E-state index in [-0.39, 0.29) is 11.7 Å². The summed E-state index contributed by atoms with van der Waals surface area (Å²) >= 11 is 3.39. The van der Waals surface area contributed by atoms with E-state index in [2.05, 4.69) is 15.9 Å². The SMILES string of the molecule is CC(C)n1ccn(CCOc2cccc(Br)c2)c1=O. The van der Waals surface area contributed by atoms with E-state index in [1.54, 1.807) is 15.3 Å². The average molecular weight is 325 g/mol. The van der Waals surface area contributed by atoms with Crippen LogP contribution in [0.5, 0.6) is 5.75 Å². The highest BCUT2D eigenvalue weighted by Crippen LogP contribution is 2.17. The van der Waals surface area contributed by atoms with Crippen LogP contribution in [0.4, 0.5) is 0 Å². The zero-order chi connectivity index (χ0) is 13.8. The molecule has 1 heterocycles. The average Bonchev–Trinajstić information content (AvgIpc) is 2.71. The Bertz CT molecular complexity index is 601. The van der Waals surface area contributed by atoms with Gasteiger partial charge in [0.15, 0.2) is 0 Å². The summed E-state index contributed by atoms with van der Waals surface area (Å²) in [6.07, 6.45) is 3.61. The van der Waals surface area contributed by atoms with E-state index < -0.39 is 0 Å². The number of aromatic nitrogens is 2. The first-order valence-corrected chi connectivity index (χ1v) is 7.03. The fourth-order valence-electron chi connectivity index (χ4n) is 1.81. The molecule has 19 heavy (non-hydrogen) atoms. The molecule has 0 spiro atoms. The summed E-state index contributed by atoms with van der Waals surface area (Å²) < 4.78 is 9.97. The molecule has 1 aromatic heterocycles. The van der Waals surface area contributed by atoms with Crippen molar-refractivity contribution in [2.75, 3.05) is 6.61 Å². The van der Waals surface area contributed by atoms with E-state index in [1.165, 1.54) is 0 Å². The van der Waals surface area contributed by atoms with Crippen molar-refractivity contribution in [3.05, 3.63) is 51.6 Å². The molecule has 0 bridgehead atoms. The first-order chi connectivity index (χ1) is 9.08. The number of ether oxygens (including phenoxy) is 1. The standard InChI is InChI=1S/C14H17BrN2O2/c1-11(2)17-7-6-16(14(17)18)8-9-19-13-5-3-4-12(15)10-13/h3-7,10-11H,8-9H2,1-2H3. The molecule has 5 heteroatoms. The fourth-order valence-corrected chi connectivity index (χ4v) is 2.19. The van der Waals surface area contributed by atoms with Crippen molar-refractivity contribution in [1.29, 1.82) is 0 Å². The topological polar surface area (TPSA) is 36.2 Å². The monoisotopic (exact) mass is 324 g/mol. The molecule has 0 unspecified atom stereocenters. The Labute approximate surface area is 120 Å². The molecule has 1 aromatic carbocycles. The van der Waals surface area contributed by atoms with E-state index in [0.29, 0.717) is 13.2 Å². The minimum Gasteiger partial charge on any atom is -0.492 e. The summed E-state index contributed by atoms with van der Waals surface area (Å²) in [5.41, 5.74) is 0.00726. The molecule has 0 N–H and O–H groups in total. The number of halogens is 1. The van der Waals surface area contributed by atoms with Gasteiger partial charge in [-0.2, -0.15) is 0 Å². The zero-order valence-electron chi connectivity index (χ0n) is 11.0. The van der Waals surface area contributed by atoms with Crippen LogP contribution in [0.1, 0.15) is 19.9 Å². The number of hydrogen-bond acceptors (Lipinski definition) is 2. The first-order valence-electron chi connectivity index (χ1n) is 6.23. The van der Waals surface area contributed by atoms with E-state index in [1.807, 2.05) is 44.3 Å². The molecule has 102 valence electrons. The molecule has 0 saturated heterocycles. The molecular formula is C14H17BrN2O2. The lowest BCUT2D eigenvalue weighted by atomic mass is 10.3. The number of benzene rings is 1. The van der Waals surface area contributed by atoms with Crippen LogP contribution in [-0.2, 0) is 6.54 Å². The Hall–Kier alpha value is -1.49. The Morgan fingerprint density at radius 1 is 1.32 bits per heavy atom. The third-order valence-electron chi connectivity index (χ3n) is 2.83. The van der Waals surface area contributed by atoms with Gasteiger partial charge in [-0.05, 0) is 32.0 Å². The lowest BCUT2D eigenvalue weighted by Gasteiger charge is -2.07. The quantitative estimate of drug-likeness (QED) is 0.847. The molecule has 0 aliphatic rings. The number of imidazole rings is 1. The van der Waals surface area contributed by atoms with Crippen molar-refractivity contribution < 1.29 is 4.74 Å². The Kier molecular flexibility index (Phi) is 4.47. The van der Waals surface area contributed by atoms with Gasteiger partial charge in [0.05, 0.1) is 6.54 Å². The van der Waals surface area contributed by atoms with Gasteiger partial charge in [0.2, 0.25) is 0 Å². The lowest BCUT2D eigenvalue weighted by Crippen LogP contribution is -2.26. The van der Waals surface area contributed by atoms with Gasteiger partial charge >= 0.3 is 5.69 Å². The van der Waals surface area contributed by atoms with E-state index in [4.69, 9.17) is 4.74 Å². The van der Waals surface area contributed by atoms with Gasteiger partial charge in [-0.15, -0.1) is 0 Å². The molecular weight excluding hydrogens is 308 g/mol. The summed E-state index contributed by atoms with van der Waals surface area (Å²) in [5.74, 6) is 0.797. The van der Waals surface area contributed by atoms with Crippen LogP contribution in [0.2, 0.25) is 0 Å². The molecule has 2 aromatic rings. The number of nitrogens with zero attached hydrogens (tertiary/aromatic N) is 2. The summed E-state index contributed by atoms with van der Waals surface area (Å²) in [5, 5.41) is 0. The van der Waals surface area contributed by atoms with Crippen LogP contribution in [0.15, 0.2) is 45.9 Å². The molecule has 0 radical (unpaired) electrons. The van der Waals surface area contributed by atoms with Gasteiger partial charge in [0.1, 0.15) is 12.4 Å². The van der Waals surface area contributed by atoms with Gasteiger partial charge in [-0.3, -0.25) is 9.13 Å². The second-order valence-electron chi connectivity index (χ2n) is 4.58. The minimum absolute atomic E-state index is 0.00726. The number of rotatable bonds is 5. The van der Waals surface area contributed by atoms with Gasteiger partial charge in [0, 0.05) is 22.9 Å². The smallest absolute Gasteiger partial charge is 0.328 e. The van der Waals surface area contributed by atoms with Gasteiger partial charge in [-0.1, -0.05) is 22.0 Å². The highest BCUT2D eigenvalue weighted by atomic mass is 79.9. The molecule has 0 saturated carbocycles. The Balaban J connectivity index is 1.95. The molecule has 4 nitrogen and oxygen atoms in total. The van der Waals surface area contributed by atoms with Gasteiger partial charge in [0.25, 0.3) is 0 Å². The maximum absolute atomic E-state index is 12.0. The summed E-state index contributed by atoms with van der Waals surface area (Å²) in [4.78, 5) is 12.0. The highest BCUT2D eigenvalue weighted by molar-refractivity contribution is 9.10. The van der Waals surface area contributed by atoms with Crippen molar-refractivity contribution in [2.45, 2.75) is 26.4 Å². The van der Waals surface area contributed by atoms with E-state index in [0.717, 1.165) is 10.2 Å². The van der Waals surface area contributed by atoms with Crippen molar-refractivity contribution in [2.24, 2.45) is 0 Å². The highest BCUT2D eigenvalue weighted by Gasteiger charge is 2.05. The second-order valence-corrected chi connectivity index (χ2v) is 5.50. The molecule has 0 atom stereocenters. The molecule has 0 aliphatic carbocycles. The zero-order valence-corrected chi connectivity index (χ0v) is 12.6. The van der Waals surface area contributed by atoms with Crippen LogP contribution >= 0.6 is 15.9 Å². The predicted octanol–water partition coefficient (Wildman–Crippen LogP) is 3.07. The first kappa shape index (κ1) is 13.9. The van der Waals surface area contributed by atoms with Crippen LogP contribution in [0.3, 0.4) is 0 Å². The fraction of sp³-hybridized carbons (Fsp3) is 0.357. The van der Waals surface area contributed by atoms with Gasteiger partial charge in [-0.25, -0.2) is 4.79 Å². The maximum Gasteiger partial charge on any atom is 0.328 e. The Morgan fingerprint density at radius 3 is 2.74 bits per heavy atom. The van der Waals surface area contributed by atoms with E-state index >= 15 is 0 Å². The molecule has 0 fully saturated rings. The minimum atomic E-state index is 0.00726. The van der Waals surface area contributed by atoms with Crippen molar-refractivity contribution in [1.82, 2.24) is 9.13 Å². The normalized spacial score (nSPS) is 10.9. The van der Waals surface area contributed by atoms with Crippen LogP contribution in [0, 0.1) is 0 Å². The van der Waals surface area contributed by atoms with Gasteiger partial charge < -0.3 is 4.74 Å². The van der Waals surface area contributed by atoms with Crippen LogP contribution < -0.4 is 10.4 Å². The maximum atomic E-state index is 12.0. The second kappa shape index (κ2) is 6.10. The van der Waals surface area contributed by atoms with Crippen molar-refractivity contribution >= 4 is 15.9 Å². The Morgan fingerprint density at radius 2 is 2.11 bits per heavy atom. The summed E-state index contributed by atoms with van der Waals surface area (Å²) in [6.45, 7) is 5.00. The number of hydrogen-bond donors (Lipinski definition) is 0. The third-order valence-corrected chi connectivity index (χ3v) is 3.32. The third kappa shape index (κ3) is 3.50. The van der Waals surface area contributed by atoms with Crippen LogP contribution in [-0.4, -0.2) is 15.7 Å². The molecule has 0 amide bonds. The summed E-state index contributed by atoms with van der Waals surface area (Å²) in [6, 6.07) is 7.84. The van der Waals surface area contributed by atoms with Crippen molar-refractivity contribution in [3.8, 4) is 5.75 Å². The predicted molar refractivity (Wildman–Crippen MR) is 78.7 cm³/mol. The largest absolute Gasteiger partial charge is 0.492 e. The van der Waals surface area contributed by atoms with E-state index in [9.17, 15) is 4.79 Å². The lowest BCUT2D eigenvalue weighted by molar-refractivity contribution is 0.295. The van der Waals surface area contributed by atoms with Crippen LogP contribution in [0.25, 0.3) is 0 Å².